The average molecular weight is 410 g/mol. The highest BCUT2D eigenvalue weighted by Gasteiger charge is 2.36. The van der Waals surface area contributed by atoms with Crippen molar-refractivity contribution in [2.24, 2.45) is 0 Å². The van der Waals surface area contributed by atoms with E-state index in [1.807, 2.05) is 6.07 Å². The van der Waals surface area contributed by atoms with Gasteiger partial charge in [0, 0.05) is 48.9 Å². The Morgan fingerprint density at radius 1 is 1.24 bits per heavy atom. The number of thiazole rings is 1. The van der Waals surface area contributed by atoms with E-state index < -0.39 is 0 Å². The lowest BCUT2D eigenvalue weighted by Gasteiger charge is -2.37. The first-order chi connectivity index (χ1) is 14.1. The van der Waals surface area contributed by atoms with Gasteiger partial charge in [0.15, 0.2) is 4.96 Å². The molecule has 3 aromatic rings. The number of imidazole rings is 1. The van der Waals surface area contributed by atoms with Gasteiger partial charge in [-0.25, -0.2) is 4.98 Å². The van der Waals surface area contributed by atoms with Crippen LogP contribution < -0.4 is 10.6 Å². The summed E-state index contributed by atoms with van der Waals surface area (Å²) in [6, 6.07) is 8.34. The molecule has 1 saturated heterocycles. The molecule has 0 aliphatic carbocycles. The number of nitrogens with one attached hydrogen (secondary N) is 2. The number of aromatic nitrogens is 2. The summed E-state index contributed by atoms with van der Waals surface area (Å²) < 4.78 is 2.22. The van der Waals surface area contributed by atoms with Gasteiger partial charge in [-0.05, 0) is 44.4 Å². The Balaban J connectivity index is 1.36. The highest BCUT2D eigenvalue weighted by Crippen LogP contribution is 2.33. The van der Waals surface area contributed by atoms with E-state index in [0.29, 0.717) is 13.0 Å². The lowest BCUT2D eigenvalue weighted by Crippen LogP contribution is -2.46. The molecule has 2 aliphatic rings. The number of hydrogen-bond donors (Lipinski definition) is 2. The largest absolute Gasteiger partial charge is 0.379 e. The van der Waals surface area contributed by atoms with Crippen molar-refractivity contribution < 1.29 is 4.79 Å². The molecule has 6 nitrogen and oxygen atoms in total. The fourth-order valence-corrected chi connectivity index (χ4v) is 5.52. The zero-order valence-corrected chi connectivity index (χ0v) is 17.6. The highest BCUT2D eigenvalue weighted by atomic mass is 32.1. The van der Waals surface area contributed by atoms with Crippen LogP contribution in [0.4, 0.5) is 5.69 Å². The number of para-hydroxylation sites is 1. The summed E-state index contributed by atoms with van der Waals surface area (Å²) in [5, 5.41) is 8.99. The molecule has 1 spiro atoms. The fourth-order valence-electron chi connectivity index (χ4n) is 4.74. The maximum atomic E-state index is 12.6. The normalized spacial score (nSPS) is 23.1. The predicted molar refractivity (Wildman–Crippen MR) is 116 cm³/mol. The molecule has 4 heterocycles. The van der Waals surface area contributed by atoms with Gasteiger partial charge in [-0.1, -0.05) is 18.2 Å². The molecule has 0 saturated carbocycles. The molecule has 1 aromatic carbocycles. The number of hydrogen-bond acceptors (Lipinski definition) is 5. The summed E-state index contributed by atoms with van der Waals surface area (Å²) >= 11 is 1.68. The van der Waals surface area contributed by atoms with Crippen molar-refractivity contribution in [3.8, 4) is 0 Å². The van der Waals surface area contributed by atoms with E-state index in [2.05, 4.69) is 56.6 Å². The number of aryl methyl sites for hydroxylation is 1. The number of carbonyl (C=O) groups excluding carboxylic acids is 1. The van der Waals surface area contributed by atoms with E-state index >= 15 is 0 Å². The number of nitrogens with zero attached hydrogens (tertiary/aromatic N) is 3. The lowest BCUT2D eigenvalue weighted by atomic mass is 9.85. The van der Waals surface area contributed by atoms with Gasteiger partial charge >= 0.3 is 0 Å². The van der Waals surface area contributed by atoms with E-state index in [-0.39, 0.29) is 11.4 Å². The minimum atomic E-state index is -0.181. The summed E-state index contributed by atoms with van der Waals surface area (Å²) in [7, 11) is 0. The second-order valence-electron chi connectivity index (χ2n) is 8.35. The molecule has 1 atom stereocenters. The Hall–Kier alpha value is -2.38. The predicted octanol–water partition coefficient (Wildman–Crippen LogP) is 3.56. The van der Waals surface area contributed by atoms with Crippen LogP contribution in [0.1, 0.15) is 42.6 Å². The molecule has 29 heavy (non-hydrogen) atoms. The van der Waals surface area contributed by atoms with Gasteiger partial charge < -0.3 is 10.6 Å². The van der Waals surface area contributed by atoms with Crippen LogP contribution >= 0.6 is 11.3 Å². The van der Waals surface area contributed by atoms with Gasteiger partial charge in [0.2, 0.25) is 5.91 Å². The topological polar surface area (TPSA) is 61.7 Å². The first-order valence-electron chi connectivity index (χ1n) is 10.4. The third-order valence-electron chi connectivity index (χ3n) is 6.36. The summed E-state index contributed by atoms with van der Waals surface area (Å²) in [6.45, 7) is 5.62. The molecule has 1 amide bonds. The third kappa shape index (κ3) is 3.65. The van der Waals surface area contributed by atoms with Crippen molar-refractivity contribution in [1.82, 2.24) is 19.6 Å². The van der Waals surface area contributed by atoms with Crippen LogP contribution in [-0.2, 0) is 17.9 Å². The molecule has 5 rings (SSSR count). The van der Waals surface area contributed by atoms with E-state index in [4.69, 9.17) is 4.98 Å². The first-order valence-corrected chi connectivity index (χ1v) is 11.3. The molecular formula is C22H27N5OS. The molecule has 152 valence electrons. The fraction of sp³-hybridized carbons (Fsp3) is 0.455. The number of fused-ring (bicyclic) bond motifs is 2. The zero-order valence-electron chi connectivity index (χ0n) is 16.8. The second kappa shape index (κ2) is 7.46. The van der Waals surface area contributed by atoms with Crippen LogP contribution in [0.25, 0.3) is 4.96 Å². The van der Waals surface area contributed by atoms with Crippen LogP contribution in [0, 0.1) is 6.92 Å². The van der Waals surface area contributed by atoms with Crippen molar-refractivity contribution in [2.75, 3.05) is 18.4 Å². The highest BCUT2D eigenvalue weighted by molar-refractivity contribution is 7.15. The van der Waals surface area contributed by atoms with Crippen LogP contribution in [0.3, 0.4) is 0 Å². The number of carbonyl (C=O) groups is 1. The van der Waals surface area contributed by atoms with E-state index in [0.717, 1.165) is 60.8 Å². The van der Waals surface area contributed by atoms with Gasteiger partial charge in [0.05, 0.1) is 11.4 Å². The number of amides is 1. The number of likely N-dealkylation sites (tertiary alicyclic amines) is 1. The van der Waals surface area contributed by atoms with Crippen molar-refractivity contribution in [3.05, 3.63) is 52.8 Å². The van der Waals surface area contributed by atoms with Crippen molar-refractivity contribution in [1.29, 1.82) is 0 Å². The maximum absolute atomic E-state index is 12.6. The first kappa shape index (κ1) is 18.6. The third-order valence-corrected chi connectivity index (χ3v) is 7.12. The van der Waals surface area contributed by atoms with Crippen molar-refractivity contribution in [2.45, 2.75) is 51.2 Å². The number of rotatable bonds is 2. The standard InChI is InChI=1S/C22H27N5OS/c1-16-19(27-11-12-29-21(27)24-16)15-26-9-4-7-22(8-10-26)13-20(28)23-14-17-5-2-3-6-18(17)25-22/h2-3,5-6,11-12,25H,4,7-10,13-15H2,1H3,(H,23,28)/t22-/m1/s1. The van der Waals surface area contributed by atoms with Gasteiger partial charge in [-0.15, -0.1) is 11.3 Å². The van der Waals surface area contributed by atoms with Crippen LogP contribution in [-0.4, -0.2) is 38.8 Å². The minimum absolute atomic E-state index is 0.145. The van der Waals surface area contributed by atoms with Crippen LogP contribution in [0.5, 0.6) is 0 Å². The molecule has 2 aromatic heterocycles. The molecule has 0 bridgehead atoms. The van der Waals surface area contributed by atoms with E-state index in [1.165, 1.54) is 5.69 Å². The number of benzene rings is 1. The molecule has 2 N–H and O–H groups in total. The number of anilines is 1. The van der Waals surface area contributed by atoms with Crippen molar-refractivity contribution in [3.63, 3.8) is 0 Å². The summed E-state index contributed by atoms with van der Waals surface area (Å²) in [4.78, 5) is 20.8. The molecule has 0 unspecified atom stereocenters. The smallest absolute Gasteiger partial charge is 0.222 e. The second-order valence-corrected chi connectivity index (χ2v) is 9.22. The maximum Gasteiger partial charge on any atom is 0.222 e. The van der Waals surface area contributed by atoms with Gasteiger partial charge in [0.1, 0.15) is 0 Å². The van der Waals surface area contributed by atoms with Crippen molar-refractivity contribution >= 4 is 27.9 Å². The monoisotopic (exact) mass is 409 g/mol. The molecule has 0 radical (unpaired) electrons. The molecule has 7 heteroatoms. The molecular weight excluding hydrogens is 382 g/mol. The average Bonchev–Trinajstić information content (AvgIpc) is 3.19. The van der Waals surface area contributed by atoms with Gasteiger partial charge in [-0.3, -0.25) is 14.1 Å². The van der Waals surface area contributed by atoms with E-state index in [9.17, 15) is 4.79 Å². The summed E-state index contributed by atoms with van der Waals surface area (Å²) in [5.74, 6) is 0.145. The van der Waals surface area contributed by atoms with Crippen LogP contribution in [0.15, 0.2) is 35.8 Å². The zero-order chi connectivity index (χ0) is 19.8. The lowest BCUT2D eigenvalue weighted by molar-refractivity contribution is -0.122. The Bertz CT molecular complexity index is 1040. The van der Waals surface area contributed by atoms with Crippen LogP contribution in [0.2, 0.25) is 0 Å². The SMILES string of the molecule is Cc1nc2sccn2c1CN1CCC[C@@]2(CC1)CC(=O)NCc1ccccc1N2. The Labute approximate surface area is 174 Å². The Morgan fingerprint density at radius 3 is 3.07 bits per heavy atom. The van der Waals surface area contributed by atoms with Gasteiger partial charge in [-0.2, -0.15) is 0 Å². The van der Waals surface area contributed by atoms with E-state index in [1.54, 1.807) is 11.3 Å². The minimum Gasteiger partial charge on any atom is -0.379 e. The Morgan fingerprint density at radius 2 is 2.14 bits per heavy atom. The quantitative estimate of drug-likeness (QED) is 0.679. The van der Waals surface area contributed by atoms with Gasteiger partial charge in [0.25, 0.3) is 0 Å². The Kier molecular flexibility index (Phi) is 4.80. The summed E-state index contributed by atoms with van der Waals surface area (Å²) in [6.07, 6.45) is 5.69. The molecule has 1 fully saturated rings. The summed E-state index contributed by atoms with van der Waals surface area (Å²) in [5.41, 5.74) is 4.54. The molecule has 2 aliphatic heterocycles.